The molecule has 0 radical (unpaired) electrons. The van der Waals surface area contributed by atoms with Crippen LogP contribution < -0.4 is 5.43 Å². The summed E-state index contributed by atoms with van der Waals surface area (Å²) >= 11 is 0. The van der Waals surface area contributed by atoms with Crippen molar-refractivity contribution in [2.24, 2.45) is 0 Å². The fourth-order valence-corrected chi connectivity index (χ4v) is 2.85. The van der Waals surface area contributed by atoms with Gasteiger partial charge in [0.1, 0.15) is 0 Å². The molecule has 0 aliphatic rings. The van der Waals surface area contributed by atoms with Gasteiger partial charge in [-0.05, 0) is 12.1 Å². The molecule has 0 aliphatic heterocycles. The lowest BCUT2D eigenvalue weighted by Gasteiger charge is -2.03. The van der Waals surface area contributed by atoms with Crippen molar-refractivity contribution in [2.45, 2.75) is 10.6 Å². The number of hydrogen-bond donors (Lipinski definition) is 1. The van der Waals surface area contributed by atoms with Gasteiger partial charge in [-0.3, -0.25) is 4.79 Å². The van der Waals surface area contributed by atoms with Crippen LogP contribution in [0.3, 0.4) is 0 Å². The first-order chi connectivity index (χ1) is 8.09. The average molecular weight is 249 g/mol. The number of aromatic nitrogens is 1. The summed E-state index contributed by atoms with van der Waals surface area (Å²) in [6, 6.07) is 9.41. The lowest BCUT2D eigenvalue weighted by molar-refractivity contribution is 0.595. The number of H-pyrrole nitrogens is 1. The van der Waals surface area contributed by atoms with Crippen LogP contribution in [0.2, 0.25) is 0 Å². The smallest absolute Gasteiger partial charge is 0.185 e. The first-order valence-corrected chi connectivity index (χ1v) is 6.68. The van der Waals surface area contributed by atoms with E-state index in [4.69, 9.17) is 0 Å². The van der Waals surface area contributed by atoms with Crippen LogP contribution >= 0.6 is 0 Å². The van der Waals surface area contributed by atoms with Crippen LogP contribution in [0.1, 0.15) is 5.56 Å². The van der Waals surface area contributed by atoms with Crippen molar-refractivity contribution in [3.05, 3.63) is 64.6 Å². The summed E-state index contributed by atoms with van der Waals surface area (Å²) in [4.78, 5) is 14.4. The van der Waals surface area contributed by atoms with E-state index in [1.165, 1.54) is 30.6 Å². The molecule has 1 N–H and O–H groups in total. The Hall–Kier alpha value is -1.88. The third kappa shape index (κ3) is 2.62. The van der Waals surface area contributed by atoms with Gasteiger partial charge in [0.25, 0.3) is 0 Å². The molecule has 0 atom stereocenters. The molecule has 1 aromatic heterocycles. The largest absolute Gasteiger partial charge is 0.367 e. The Balaban J connectivity index is 2.37. The van der Waals surface area contributed by atoms with Crippen molar-refractivity contribution < 1.29 is 8.42 Å². The van der Waals surface area contributed by atoms with Gasteiger partial charge in [0, 0.05) is 24.0 Å². The molecule has 0 unspecified atom stereocenters. The summed E-state index contributed by atoms with van der Waals surface area (Å²) in [5.41, 5.74) is -0.0281. The van der Waals surface area contributed by atoms with Crippen LogP contribution in [0.15, 0.2) is 58.5 Å². The van der Waals surface area contributed by atoms with Crippen molar-refractivity contribution >= 4 is 9.84 Å². The van der Waals surface area contributed by atoms with Crippen LogP contribution in [0, 0.1) is 0 Å². The SMILES string of the molecule is O=c1cc[nH]cc1CS(=O)(=O)c1ccccc1. The maximum atomic E-state index is 12.0. The number of rotatable bonds is 3. The Kier molecular flexibility index (Phi) is 3.10. The predicted octanol–water partition coefficient (Wildman–Crippen LogP) is 1.35. The van der Waals surface area contributed by atoms with Gasteiger partial charge in [0.05, 0.1) is 10.6 Å². The highest BCUT2D eigenvalue weighted by Crippen LogP contribution is 2.13. The molecule has 0 fully saturated rings. The van der Waals surface area contributed by atoms with E-state index in [1.807, 2.05) is 0 Å². The highest BCUT2D eigenvalue weighted by molar-refractivity contribution is 7.90. The molecule has 0 saturated carbocycles. The van der Waals surface area contributed by atoms with E-state index >= 15 is 0 Å². The Labute approximate surface area is 98.9 Å². The van der Waals surface area contributed by atoms with E-state index in [1.54, 1.807) is 18.2 Å². The molecule has 17 heavy (non-hydrogen) atoms. The Morgan fingerprint density at radius 3 is 2.41 bits per heavy atom. The fourth-order valence-electron chi connectivity index (χ4n) is 1.48. The average Bonchev–Trinajstić information content (AvgIpc) is 2.33. The summed E-state index contributed by atoms with van der Waals surface area (Å²) in [5, 5.41) is 0. The van der Waals surface area contributed by atoms with Crippen LogP contribution in [0.5, 0.6) is 0 Å². The standard InChI is InChI=1S/C12H11NO3S/c14-12-6-7-13-8-10(12)9-17(15,16)11-4-2-1-3-5-11/h1-8H,9H2,(H,13,14). The predicted molar refractivity (Wildman–Crippen MR) is 64.4 cm³/mol. The van der Waals surface area contributed by atoms with Crippen molar-refractivity contribution in [2.75, 3.05) is 0 Å². The number of sulfone groups is 1. The molecule has 1 heterocycles. The fraction of sp³-hybridized carbons (Fsp3) is 0.0833. The van der Waals surface area contributed by atoms with Crippen LogP contribution in [-0.4, -0.2) is 13.4 Å². The van der Waals surface area contributed by atoms with Gasteiger partial charge in [-0.15, -0.1) is 0 Å². The number of hydrogen-bond acceptors (Lipinski definition) is 3. The van der Waals surface area contributed by atoms with E-state index in [9.17, 15) is 13.2 Å². The van der Waals surface area contributed by atoms with Gasteiger partial charge in [0.15, 0.2) is 15.3 Å². The number of benzene rings is 1. The van der Waals surface area contributed by atoms with Gasteiger partial charge < -0.3 is 4.98 Å². The molecule has 4 nitrogen and oxygen atoms in total. The first kappa shape index (κ1) is 11.6. The third-order valence-corrected chi connectivity index (χ3v) is 4.03. The minimum Gasteiger partial charge on any atom is -0.367 e. The second kappa shape index (κ2) is 4.55. The van der Waals surface area contributed by atoms with E-state index in [-0.39, 0.29) is 21.6 Å². The van der Waals surface area contributed by atoms with E-state index < -0.39 is 9.84 Å². The quantitative estimate of drug-likeness (QED) is 0.892. The summed E-state index contributed by atoms with van der Waals surface area (Å²) < 4.78 is 24.0. The molecule has 0 spiro atoms. The summed E-state index contributed by atoms with van der Waals surface area (Å²) in [7, 11) is -3.46. The number of nitrogens with one attached hydrogen (secondary N) is 1. The van der Waals surface area contributed by atoms with Crippen LogP contribution in [0.4, 0.5) is 0 Å². The van der Waals surface area contributed by atoms with Crippen molar-refractivity contribution in [1.29, 1.82) is 0 Å². The molecule has 0 amide bonds. The first-order valence-electron chi connectivity index (χ1n) is 5.03. The van der Waals surface area contributed by atoms with Gasteiger partial charge in [-0.2, -0.15) is 0 Å². The zero-order valence-electron chi connectivity index (χ0n) is 8.96. The van der Waals surface area contributed by atoms with Crippen molar-refractivity contribution in [3.63, 3.8) is 0 Å². The van der Waals surface area contributed by atoms with Gasteiger partial charge >= 0.3 is 0 Å². The van der Waals surface area contributed by atoms with Crippen LogP contribution in [-0.2, 0) is 15.6 Å². The zero-order valence-corrected chi connectivity index (χ0v) is 9.78. The van der Waals surface area contributed by atoms with Crippen LogP contribution in [0.25, 0.3) is 0 Å². The maximum Gasteiger partial charge on any atom is 0.185 e. The Morgan fingerprint density at radius 1 is 1.06 bits per heavy atom. The molecule has 2 aromatic rings. The van der Waals surface area contributed by atoms with E-state index in [0.717, 1.165) is 0 Å². The highest BCUT2D eigenvalue weighted by atomic mass is 32.2. The molecule has 2 rings (SSSR count). The zero-order chi connectivity index (χ0) is 12.3. The minimum atomic E-state index is -3.46. The van der Waals surface area contributed by atoms with Crippen molar-refractivity contribution in [1.82, 2.24) is 4.98 Å². The second-order valence-corrected chi connectivity index (χ2v) is 5.60. The number of aromatic amines is 1. The van der Waals surface area contributed by atoms with Crippen molar-refractivity contribution in [3.8, 4) is 0 Å². The van der Waals surface area contributed by atoms with Gasteiger partial charge in [-0.25, -0.2) is 8.42 Å². The Morgan fingerprint density at radius 2 is 1.76 bits per heavy atom. The molecule has 0 bridgehead atoms. The monoisotopic (exact) mass is 249 g/mol. The van der Waals surface area contributed by atoms with Gasteiger partial charge in [-0.1, -0.05) is 18.2 Å². The molecule has 0 saturated heterocycles. The highest BCUT2D eigenvalue weighted by Gasteiger charge is 2.16. The lowest BCUT2D eigenvalue weighted by atomic mass is 10.3. The maximum absolute atomic E-state index is 12.0. The lowest BCUT2D eigenvalue weighted by Crippen LogP contribution is -2.13. The molecule has 0 aliphatic carbocycles. The molecular formula is C12H11NO3S. The summed E-state index contributed by atoms with van der Waals surface area (Å²) in [5.74, 6) is -0.285. The molecule has 5 heteroatoms. The molecule has 1 aromatic carbocycles. The van der Waals surface area contributed by atoms with E-state index in [2.05, 4.69) is 4.98 Å². The third-order valence-electron chi connectivity index (χ3n) is 2.35. The molecular weight excluding hydrogens is 238 g/mol. The minimum absolute atomic E-state index is 0.225. The topological polar surface area (TPSA) is 67.0 Å². The Bertz CT molecular complexity index is 659. The van der Waals surface area contributed by atoms with E-state index in [0.29, 0.717) is 0 Å². The summed E-state index contributed by atoms with van der Waals surface area (Å²) in [6.45, 7) is 0. The second-order valence-electron chi connectivity index (χ2n) is 3.61. The normalized spacial score (nSPS) is 11.3. The number of pyridine rings is 1. The summed E-state index contributed by atoms with van der Waals surface area (Å²) in [6.07, 6.45) is 2.89. The molecule has 88 valence electrons. The van der Waals surface area contributed by atoms with Gasteiger partial charge in [0.2, 0.25) is 0 Å².